The molecule has 224 valence electrons. The average molecular weight is 590 g/mol. The number of benzene rings is 3. The molecule has 3 aromatic carbocycles. The Hall–Kier alpha value is -4.80. The van der Waals surface area contributed by atoms with Crippen molar-refractivity contribution < 1.29 is 27.9 Å². The molecule has 0 saturated carbocycles. The lowest BCUT2D eigenvalue weighted by Gasteiger charge is -2.27. The molecule has 1 aliphatic rings. The maximum Gasteiger partial charge on any atom is 0.321 e. The summed E-state index contributed by atoms with van der Waals surface area (Å²) in [6.07, 6.45) is 2.35. The number of amides is 3. The second-order valence-electron chi connectivity index (χ2n) is 10.7. The van der Waals surface area contributed by atoms with Crippen molar-refractivity contribution >= 4 is 28.6 Å². The fraction of sp³-hybridized carbons (Fsp3) is 0.312. The first-order valence-electron chi connectivity index (χ1n) is 14.1. The van der Waals surface area contributed by atoms with E-state index >= 15 is 0 Å². The van der Waals surface area contributed by atoms with Crippen LogP contribution in [-0.4, -0.2) is 64.0 Å². The number of rotatable bonds is 11. The van der Waals surface area contributed by atoms with E-state index in [4.69, 9.17) is 4.74 Å². The Morgan fingerprint density at radius 1 is 1.07 bits per heavy atom. The molecule has 0 spiro atoms. The summed E-state index contributed by atoms with van der Waals surface area (Å²) < 4.78 is 35.1. The molecule has 0 radical (unpaired) electrons. The van der Waals surface area contributed by atoms with E-state index in [0.29, 0.717) is 49.0 Å². The molecule has 43 heavy (non-hydrogen) atoms. The van der Waals surface area contributed by atoms with Crippen LogP contribution < -0.4 is 15.4 Å². The Kier molecular flexibility index (Phi) is 8.70. The van der Waals surface area contributed by atoms with Crippen LogP contribution in [0.1, 0.15) is 48.7 Å². The van der Waals surface area contributed by atoms with E-state index in [2.05, 4.69) is 15.7 Å². The minimum absolute atomic E-state index is 0.119. The van der Waals surface area contributed by atoms with Crippen molar-refractivity contribution in [3.63, 3.8) is 0 Å². The highest BCUT2D eigenvalue weighted by Crippen LogP contribution is 2.29. The molecule has 0 unspecified atom stereocenters. The molecule has 3 amide bonds. The van der Waals surface area contributed by atoms with Gasteiger partial charge in [-0.25, -0.2) is 4.68 Å². The number of carbonyl (C=O) groups excluding carboxylic acids is 3. The number of halogens is 2. The lowest BCUT2D eigenvalue weighted by molar-refractivity contribution is -0.144. The van der Waals surface area contributed by atoms with Gasteiger partial charge in [0.05, 0.1) is 23.4 Å². The minimum atomic E-state index is -3.52. The Morgan fingerprint density at radius 3 is 2.58 bits per heavy atom. The van der Waals surface area contributed by atoms with Gasteiger partial charge in [0.1, 0.15) is 11.9 Å². The van der Waals surface area contributed by atoms with Crippen molar-refractivity contribution in [2.24, 2.45) is 0 Å². The largest absolute Gasteiger partial charge is 0.484 e. The summed E-state index contributed by atoms with van der Waals surface area (Å²) in [5.41, 5.74) is 2.63. The molecular formula is C32H33F2N5O4. The zero-order chi connectivity index (χ0) is 30.6. The van der Waals surface area contributed by atoms with Crippen LogP contribution in [0.25, 0.3) is 16.6 Å². The first-order chi connectivity index (χ1) is 20.6. The number of hydrogen-bond donors (Lipinski definition) is 2. The van der Waals surface area contributed by atoms with Crippen LogP contribution in [0.5, 0.6) is 5.75 Å². The molecule has 0 aliphatic carbocycles. The van der Waals surface area contributed by atoms with Gasteiger partial charge in [0.2, 0.25) is 5.91 Å². The van der Waals surface area contributed by atoms with Gasteiger partial charge in [-0.05, 0) is 55.3 Å². The molecule has 9 nitrogen and oxygen atoms in total. The smallest absolute Gasteiger partial charge is 0.321 e. The lowest BCUT2D eigenvalue weighted by Crippen LogP contribution is -2.46. The Balaban J connectivity index is 1.32. The minimum Gasteiger partial charge on any atom is -0.484 e. The highest BCUT2D eigenvalue weighted by molar-refractivity contribution is 5.95. The van der Waals surface area contributed by atoms with E-state index in [9.17, 15) is 23.2 Å². The Labute approximate surface area is 247 Å². The molecule has 5 rings (SSSR count). The van der Waals surface area contributed by atoms with Crippen molar-refractivity contribution in [1.82, 2.24) is 25.3 Å². The number of carbonyl (C=O) groups is 3. The third-order valence-electron chi connectivity index (χ3n) is 7.33. The second-order valence-corrected chi connectivity index (χ2v) is 10.7. The number of nitrogens with one attached hydrogen (secondary N) is 2. The highest BCUT2D eigenvalue weighted by atomic mass is 19.3. The standard InChI is InChI=1S/C32H33F2N5O4/c1-21(37-31(42)32(2,33)34)29(22-8-4-3-5-9-22)43-26-13-14-27-24(19-26)20-36-39(27)25-11-6-10-23(18-25)30(41)35-15-17-38-16-7-12-28(38)40/h3-6,8-11,13-14,18-21,29H,7,12,15-17H2,1-2H3,(H,35,41)(H,37,42)/t21-,29-/m0/s1. The number of alkyl halides is 2. The normalized spacial score (nSPS) is 14.9. The van der Waals surface area contributed by atoms with Gasteiger partial charge in [-0.1, -0.05) is 36.4 Å². The summed E-state index contributed by atoms with van der Waals surface area (Å²) >= 11 is 0. The van der Waals surface area contributed by atoms with E-state index < -0.39 is 24.0 Å². The van der Waals surface area contributed by atoms with Gasteiger partial charge >= 0.3 is 5.92 Å². The van der Waals surface area contributed by atoms with Gasteiger partial charge in [0.15, 0.2) is 0 Å². The average Bonchev–Trinajstić information content (AvgIpc) is 3.61. The molecule has 0 bridgehead atoms. The van der Waals surface area contributed by atoms with E-state index in [1.807, 2.05) is 42.5 Å². The Bertz CT molecular complexity index is 1620. The molecule has 4 aromatic rings. The van der Waals surface area contributed by atoms with Crippen LogP contribution in [0.15, 0.2) is 79.0 Å². The quantitative estimate of drug-likeness (QED) is 0.265. The van der Waals surface area contributed by atoms with Gasteiger partial charge in [0, 0.05) is 43.9 Å². The molecule has 2 N–H and O–H groups in total. The van der Waals surface area contributed by atoms with Crippen molar-refractivity contribution in [1.29, 1.82) is 0 Å². The Morgan fingerprint density at radius 2 is 1.86 bits per heavy atom. The molecule has 2 heterocycles. The number of hydrogen-bond acceptors (Lipinski definition) is 5. The molecule has 1 aliphatic heterocycles. The molecule has 2 atom stereocenters. The van der Waals surface area contributed by atoms with Gasteiger partial charge in [-0.15, -0.1) is 0 Å². The molecule has 11 heteroatoms. The first-order valence-corrected chi connectivity index (χ1v) is 14.1. The predicted molar refractivity (Wildman–Crippen MR) is 157 cm³/mol. The summed E-state index contributed by atoms with van der Waals surface area (Å²) in [4.78, 5) is 38.3. The van der Waals surface area contributed by atoms with Crippen LogP contribution in [0.3, 0.4) is 0 Å². The maximum absolute atomic E-state index is 13.6. The molecule has 1 saturated heterocycles. The van der Waals surface area contributed by atoms with Gasteiger partial charge in [0.25, 0.3) is 11.8 Å². The number of fused-ring (bicyclic) bond motifs is 1. The predicted octanol–water partition coefficient (Wildman–Crippen LogP) is 4.66. The van der Waals surface area contributed by atoms with Crippen LogP contribution >= 0.6 is 0 Å². The monoisotopic (exact) mass is 589 g/mol. The molecular weight excluding hydrogens is 556 g/mol. The van der Waals surface area contributed by atoms with Gasteiger partial charge < -0.3 is 20.3 Å². The van der Waals surface area contributed by atoms with E-state index in [1.54, 1.807) is 53.0 Å². The summed E-state index contributed by atoms with van der Waals surface area (Å²) in [5, 5.41) is 10.5. The van der Waals surface area contributed by atoms with Crippen LogP contribution in [-0.2, 0) is 9.59 Å². The summed E-state index contributed by atoms with van der Waals surface area (Å²) in [7, 11) is 0. The fourth-order valence-electron chi connectivity index (χ4n) is 5.07. The third-order valence-corrected chi connectivity index (χ3v) is 7.33. The maximum atomic E-state index is 13.6. The summed E-state index contributed by atoms with van der Waals surface area (Å²) in [6.45, 7) is 3.76. The van der Waals surface area contributed by atoms with Crippen molar-refractivity contribution in [2.45, 2.75) is 44.8 Å². The van der Waals surface area contributed by atoms with Crippen molar-refractivity contribution in [3.05, 3.63) is 90.1 Å². The topological polar surface area (TPSA) is 106 Å². The van der Waals surface area contributed by atoms with E-state index in [1.165, 1.54) is 0 Å². The second kappa shape index (κ2) is 12.6. The number of likely N-dealkylation sites (tertiary alicyclic amines) is 1. The van der Waals surface area contributed by atoms with Gasteiger partial charge in [-0.3, -0.25) is 14.4 Å². The van der Waals surface area contributed by atoms with Crippen molar-refractivity contribution in [2.75, 3.05) is 19.6 Å². The van der Waals surface area contributed by atoms with Gasteiger partial charge in [-0.2, -0.15) is 13.9 Å². The molecule has 1 aromatic heterocycles. The highest BCUT2D eigenvalue weighted by Gasteiger charge is 2.35. The summed E-state index contributed by atoms with van der Waals surface area (Å²) in [6, 6.07) is 20.7. The number of ether oxygens (including phenoxy) is 1. The van der Waals surface area contributed by atoms with E-state index in [-0.39, 0.29) is 11.8 Å². The van der Waals surface area contributed by atoms with E-state index in [0.717, 1.165) is 23.9 Å². The zero-order valence-corrected chi connectivity index (χ0v) is 23.9. The SMILES string of the molecule is C[C@H](NC(=O)C(C)(F)F)[C@H](Oc1ccc2c(cnn2-c2cccc(C(=O)NCCN3CCCC3=O)c2)c1)c1ccccc1. The zero-order valence-electron chi connectivity index (χ0n) is 23.9. The lowest BCUT2D eigenvalue weighted by atomic mass is 10.0. The summed E-state index contributed by atoms with van der Waals surface area (Å²) in [5.74, 6) is -4.55. The number of nitrogens with zero attached hydrogens (tertiary/aromatic N) is 3. The van der Waals surface area contributed by atoms with Crippen LogP contribution in [0.4, 0.5) is 8.78 Å². The molecule has 1 fully saturated rings. The number of aromatic nitrogens is 2. The fourth-order valence-corrected chi connectivity index (χ4v) is 5.07. The van der Waals surface area contributed by atoms with Crippen LogP contribution in [0, 0.1) is 0 Å². The third kappa shape index (κ3) is 6.99. The first kappa shape index (κ1) is 29.7. The van der Waals surface area contributed by atoms with Crippen molar-refractivity contribution in [3.8, 4) is 11.4 Å². The van der Waals surface area contributed by atoms with Crippen LogP contribution in [0.2, 0.25) is 0 Å².